The second-order valence-corrected chi connectivity index (χ2v) is 11.0. The normalized spacial score (nSPS) is 20.9. The molecule has 10 heteroatoms. The van der Waals surface area contributed by atoms with Crippen molar-refractivity contribution in [2.75, 3.05) is 58.3 Å². The summed E-state index contributed by atoms with van der Waals surface area (Å²) in [6.45, 7) is 5.82. The highest BCUT2D eigenvalue weighted by Gasteiger charge is 2.41. The monoisotopic (exact) mass is 477 g/mol. The number of morpholine rings is 2. The van der Waals surface area contributed by atoms with E-state index in [1.54, 1.807) is 4.68 Å². The Morgan fingerprint density at radius 1 is 0.765 bits per heavy atom. The van der Waals surface area contributed by atoms with Gasteiger partial charge in [0.05, 0.1) is 43.4 Å². The predicted molar refractivity (Wildman–Crippen MR) is 134 cm³/mol. The minimum atomic E-state index is -2.50. The van der Waals surface area contributed by atoms with Crippen LogP contribution in [0.1, 0.15) is 11.1 Å². The van der Waals surface area contributed by atoms with Crippen molar-refractivity contribution in [2.45, 2.75) is 0 Å². The molecule has 4 heterocycles. The zero-order chi connectivity index (χ0) is 23.0. The summed E-state index contributed by atoms with van der Waals surface area (Å²) in [6.07, 6.45) is 0. The SMILES string of the molecule is Nc1c2c(nn1-c1ccccc1)N=P(N1CCOCC1)(N1CCOCC1)N=C2c1ccccc1. The average Bonchev–Trinajstić information content (AvgIpc) is 3.26. The summed E-state index contributed by atoms with van der Waals surface area (Å²) in [5.74, 6) is 1.20. The van der Waals surface area contributed by atoms with Gasteiger partial charge in [-0.2, -0.15) is 4.74 Å². The van der Waals surface area contributed by atoms with E-state index in [2.05, 4.69) is 21.5 Å². The molecule has 0 spiro atoms. The molecule has 2 aromatic carbocycles. The van der Waals surface area contributed by atoms with Crippen molar-refractivity contribution in [3.05, 3.63) is 71.8 Å². The fourth-order valence-electron chi connectivity index (χ4n) is 4.69. The minimum absolute atomic E-state index is 0.550. The molecule has 6 rings (SSSR count). The van der Waals surface area contributed by atoms with E-state index in [1.165, 1.54) is 0 Å². The van der Waals surface area contributed by atoms with Crippen molar-refractivity contribution >= 4 is 24.9 Å². The van der Waals surface area contributed by atoms with E-state index >= 15 is 0 Å². The summed E-state index contributed by atoms with van der Waals surface area (Å²) in [7, 11) is -2.50. The van der Waals surface area contributed by atoms with Crippen molar-refractivity contribution in [1.29, 1.82) is 0 Å². The molecule has 176 valence electrons. The Morgan fingerprint density at radius 2 is 1.32 bits per heavy atom. The number of anilines is 1. The molecular formula is C24H28N7O2P. The Morgan fingerprint density at radius 3 is 1.91 bits per heavy atom. The van der Waals surface area contributed by atoms with Gasteiger partial charge in [-0.3, -0.25) is 0 Å². The molecule has 0 amide bonds. The van der Waals surface area contributed by atoms with Crippen molar-refractivity contribution in [2.24, 2.45) is 9.51 Å². The Hall–Kier alpha value is -2.81. The third kappa shape index (κ3) is 3.70. The molecule has 3 aliphatic rings. The second-order valence-electron chi connectivity index (χ2n) is 8.41. The molecule has 0 atom stereocenters. The smallest absolute Gasteiger partial charge is 0.219 e. The number of fused-ring (bicyclic) bond motifs is 1. The van der Waals surface area contributed by atoms with Gasteiger partial charge in [-0.15, -0.1) is 5.10 Å². The minimum Gasteiger partial charge on any atom is -0.383 e. The number of rotatable bonds is 4. The number of hydrogen-bond acceptors (Lipinski definition) is 8. The zero-order valence-electron chi connectivity index (χ0n) is 19.0. The molecule has 9 nitrogen and oxygen atoms in total. The van der Waals surface area contributed by atoms with E-state index in [0.717, 1.165) is 48.7 Å². The molecule has 2 fully saturated rings. The van der Waals surface area contributed by atoms with Crippen LogP contribution in [0.2, 0.25) is 0 Å². The van der Waals surface area contributed by atoms with Crippen LogP contribution in [0.4, 0.5) is 11.6 Å². The molecule has 0 unspecified atom stereocenters. The number of para-hydroxylation sites is 1. The highest BCUT2D eigenvalue weighted by molar-refractivity contribution is 7.60. The van der Waals surface area contributed by atoms with E-state index in [-0.39, 0.29) is 0 Å². The first kappa shape index (κ1) is 21.7. The number of aromatic nitrogens is 2. The van der Waals surface area contributed by atoms with Crippen molar-refractivity contribution in [3.63, 3.8) is 0 Å². The number of benzene rings is 2. The molecule has 1 aromatic heterocycles. The van der Waals surface area contributed by atoms with Gasteiger partial charge in [0.15, 0.2) is 5.82 Å². The van der Waals surface area contributed by atoms with E-state index in [4.69, 9.17) is 29.8 Å². The van der Waals surface area contributed by atoms with Crippen LogP contribution in [0.25, 0.3) is 5.69 Å². The first-order chi connectivity index (χ1) is 16.8. The van der Waals surface area contributed by atoms with Gasteiger partial charge in [0.25, 0.3) is 0 Å². The zero-order valence-corrected chi connectivity index (χ0v) is 19.8. The van der Waals surface area contributed by atoms with Gasteiger partial charge < -0.3 is 15.2 Å². The van der Waals surface area contributed by atoms with E-state index < -0.39 is 7.51 Å². The maximum Gasteiger partial charge on any atom is 0.219 e. The molecule has 0 aliphatic carbocycles. The van der Waals surface area contributed by atoms with Crippen molar-refractivity contribution in [1.82, 2.24) is 19.1 Å². The molecule has 0 radical (unpaired) electrons. The van der Waals surface area contributed by atoms with Crippen LogP contribution in [0.3, 0.4) is 0 Å². The summed E-state index contributed by atoms with van der Waals surface area (Å²) in [5, 5.41) is 4.94. The van der Waals surface area contributed by atoms with Gasteiger partial charge in [0.2, 0.25) is 7.51 Å². The lowest BCUT2D eigenvalue weighted by Gasteiger charge is -2.44. The molecule has 0 saturated carbocycles. The Bertz CT molecular complexity index is 1230. The first-order valence-electron chi connectivity index (χ1n) is 11.6. The van der Waals surface area contributed by atoms with Crippen LogP contribution in [-0.4, -0.2) is 77.4 Å². The fraction of sp³-hybridized carbons (Fsp3) is 0.333. The molecule has 3 aliphatic heterocycles. The fourth-order valence-corrected chi connectivity index (χ4v) is 7.88. The van der Waals surface area contributed by atoms with Crippen molar-refractivity contribution in [3.8, 4) is 5.69 Å². The summed E-state index contributed by atoms with van der Waals surface area (Å²) >= 11 is 0. The number of nitrogen functional groups attached to an aromatic ring is 1. The number of nitrogens with zero attached hydrogens (tertiary/aromatic N) is 6. The first-order valence-corrected chi connectivity index (χ1v) is 13.2. The third-order valence-electron chi connectivity index (χ3n) is 6.38. The van der Waals surface area contributed by atoms with Gasteiger partial charge >= 0.3 is 0 Å². The van der Waals surface area contributed by atoms with Gasteiger partial charge in [-0.1, -0.05) is 48.5 Å². The maximum atomic E-state index is 6.73. The molecule has 0 bridgehead atoms. The number of ether oxygens (including phenoxy) is 2. The maximum absolute atomic E-state index is 6.73. The topological polar surface area (TPSA) is 93.5 Å². The lowest BCUT2D eigenvalue weighted by atomic mass is 10.0. The Labute approximate surface area is 199 Å². The van der Waals surface area contributed by atoms with Gasteiger partial charge in [-0.25, -0.2) is 18.8 Å². The second kappa shape index (κ2) is 9.09. The summed E-state index contributed by atoms with van der Waals surface area (Å²) in [4.78, 5) is 0. The lowest BCUT2D eigenvalue weighted by molar-refractivity contribution is 0.0567. The van der Waals surface area contributed by atoms with Crippen LogP contribution in [0, 0.1) is 0 Å². The van der Waals surface area contributed by atoms with Crippen LogP contribution in [0.5, 0.6) is 0 Å². The van der Waals surface area contributed by atoms with Crippen LogP contribution in [0.15, 0.2) is 70.2 Å². The molecule has 2 N–H and O–H groups in total. The van der Waals surface area contributed by atoms with Gasteiger partial charge in [0, 0.05) is 31.7 Å². The summed E-state index contributed by atoms with van der Waals surface area (Å²) < 4.78 is 28.8. The summed E-state index contributed by atoms with van der Waals surface area (Å²) in [5.41, 5.74) is 10.3. The highest BCUT2D eigenvalue weighted by Crippen LogP contribution is 2.63. The van der Waals surface area contributed by atoms with E-state index in [9.17, 15) is 0 Å². The number of nitrogens with two attached hydrogens (primary N) is 1. The standard InChI is InChI=1S/C24H28N7O2P/c25-23-21-22(19-7-3-1-4-8-19)27-34(29-11-15-32-16-12-29,30-13-17-33-18-14-30)28-24(21)26-31(23)20-9-5-2-6-10-20/h1-10H,11-18,25H2. The van der Waals surface area contributed by atoms with Gasteiger partial charge in [0.1, 0.15) is 5.82 Å². The lowest BCUT2D eigenvalue weighted by Crippen LogP contribution is -2.43. The Balaban J connectivity index is 1.61. The van der Waals surface area contributed by atoms with E-state index in [1.807, 2.05) is 48.5 Å². The summed E-state index contributed by atoms with van der Waals surface area (Å²) in [6, 6.07) is 20.2. The molecular weight excluding hydrogens is 449 g/mol. The number of hydrogen-bond donors (Lipinski definition) is 1. The molecule has 34 heavy (non-hydrogen) atoms. The molecule has 2 saturated heterocycles. The van der Waals surface area contributed by atoms with E-state index in [0.29, 0.717) is 38.1 Å². The van der Waals surface area contributed by atoms with Crippen molar-refractivity contribution < 1.29 is 9.47 Å². The Kier molecular flexibility index (Phi) is 5.80. The van der Waals surface area contributed by atoms with Crippen LogP contribution < -0.4 is 5.73 Å². The average molecular weight is 478 g/mol. The third-order valence-corrected chi connectivity index (χ3v) is 9.63. The van der Waals surface area contributed by atoms with Gasteiger partial charge in [-0.05, 0) is 12.1 Å². The van der Waals surface area contributed by atoms with Crippen LogP contribution in [-0.2, 0) is 9.47 Å². The largest absolute Gasteiger partial charge is 0.383 e. The predicted octanol–water partition coefficient (Wildman–Crippen LogP) is 3.55. The molecule has 3 aromatic rings. The highest BCUT2D eigenvalue weighted by atomic mass is 31.2. The quantitative estimate of drug-likeness (QED) is 0.578. The van der Waals surface area contributed by atoms with Crippen LogP contribution >= 0.6 is 7.51 Å².